The minimum absolute atomic E-state index is 0.0942. The summed E-state index contributed by atoms with van der Waals surface area (Å²) in [5.41, 5.74) is 1.15. The summed E-state index contributed by atoms with van der Waals surface area (Å²) in [5.74, 6) is -0.0173. The van der Waals surface area contributed by atoms with Crippen molar-refractivity contribution in [3.05, 3.63) is 41.6 Å². The largest absolute Gasteiger partial charge is 0.567 e. The molecule has 0 radical (unpaired) electrons. The van der Waals surface area contributed by atoms with Gasteiger partial charge < -0.3 is 14.0 Å². The zero-order valence-electron chi connectivity index (χ0n) is 10.4. The van der Waals surface area contributed by atoms with Crippen LogP contribution in [0.4, 0.5) is 0 Å². The average molecular weight is 280 g/mol. The average Bonchev–Trinajstić information content (AvgIpc) is 2.45. The van der Waals surface area contributed by atoms with Gasteiger partial charge in [-0.25, -0.2) is 4.79 Å². The van der Waals surface area contributed by atoms with E-state index in [2.05, 4.69) is 13.9 Å². The normalized spacial score (nSPS) is 17.9. The first-order chi connectivity index (χ1) is 9.15. The monoisotopic (exact) mass is 280 g/mol. The van der Waals surface area contributed by atoms with Crippen molar-refractivity contribution in [3.8, 4) is 5.75 Å². The molecule has 0 aromatic heterocycles. The van der Waals surface area contributed by atoms with Crippen LogP contribution >= 0.6 is 0 Å². The molecule has 1 atom stereocenters. The third-order valence-corrected chi connectivity index (χ3v) is 3.20. The number of rotatable bonds is 3. The van der Waals surface area contributed by atoms with E-state index in [1.165, 1.54) is 20.3 Å². The Labute approximate surface area is 113 Å². The van der Waals surface area contributed by atoms with E-state index in [-0.39, 0.29) is 5.70 Å². The minimum atomic E-state index is -1.72. The lowest BCUT2D eigenvalue weighted by Crippen LogP contribution is -2.31. The van der Waals surface area contributed by atoms with Crippen LogP contribution in [-0.4, -0.2) is 30.5 Å². The number of carbonyl (C=O) groups excluding carboxylic acids is 1. The van der Waals surface area contributed by atoms with Gasteiger partial charge in [-0.2, -0.15) is 4.72 Å². The summed E-state index contributed by atoms with van der Waals surface area (Å²) in [6, 6.07) is 7.14. The van der Waals surface area contributed by atoms with Gasteiger partial charge >= 0.3 is 5.97 Å². The van der Waals surface area contributed by atoms with E-state index in [4.69, 9.17) is 4.74 Å². The van der Waals surface area contributed by atoms with E-state index in [0.29, 0.717) is 17.0 Å². The van der Waals surface area contributed by atoms with Gasteiger partial charge in [-0.1, -0.05) is 12.1 Å². The van der Waals surface area contributed by atoms with Crippen molar-refractivity contribution in [1.82, 2.24) is 4.72 Å². The van der Waals surface area contributed by atoms with Crippen LogP contribution in [0.3, 0.4) is 0 Å². The Balaban J connectivity index is 2.43. The fourth-order valence-corrected chi connectivity index (χ4v) is 2.30. The summed E-state index contributed by atoms with van der Waals surface area (Å²) in [4.78, 5) is 11.5. The van der Waals surface area contributed by atoms with Gasteiger partial charge in [-0.05, 0) is 16.5 Å². The summed E-state index contributed by atoms with van der Waals surface area (Å²) in [6.07, 6.45) is 1.48. The van der Waals surface area contributed by atoms with Gasteiger partial charge in [-0.15, -0.1) is 0 Å². The SMILES string of the molecule is COC(=O)C1=CC(c2ccccc2OC)=N[S+]([O-])N1. The maximum absolute atomic E-state index is 11.6. The van der Waals surface area contributed by atoms with E-state index in [0.717, 1.165) is 0 Å². The first kappa shape index (κ1) is 13.4. The lowest BCUT2D eigenvalue weighted by atomic mass is 10.1. The molecule has 100 valence electrons. The fraction of sp³-hybridized carbons (Fsp3) is 0.167. The first-order valence-corrected chi connectivity index (χ1v) is 6.47. The number of allylic oxidation sites excluding steroid dienone is 1. The number of nitrogens with one attached hydrogen (secondary N) is 1. The summed E-state index contributed by atoms with van der Waals surface area (Å²) < 4.78 is 27.8. The molecule has 0 fully saturated rings. The molecular weight excluding hydrogens is 268 g/mol. The summed E-state index contributed by atoms with van der Waals surface area (Å²) in [7, 11) is 2.78. The minimum Gasteiger partial charge on any atom is -0.567 e. The first-order valence-electron chi connectivity index (χ1n) is 5.36. The lowest BCUT2D eigenvalue weighted by Gasteiger charge is -2.15. The second kappa shape index (κ2) is 5.77. The molecule has 1 aliphatic heterocycles. The Kier molecular flexibility index (Phi) is 4.08. The Bertz CT molecular complexity index is 556. The van der Waals surface area contributed by atoms with Crippen LogP contribution in [0.5, 0.6) is 5.75 Å². The van der Waals surface area contributed by atoms with Gasteiger partial charge in [0.05, 0.1) is 14.2 Å². The Morgan fingerprint density at radius 1 is 1.37 bits per heavy atom. The second-order valence-corrected chi connectivity index (χ2v) is 4.46. The van der Waals surface area contributed by atoms with Gasteiger partial charge in [0.25, 0.3) is 0 Å². The highest BCUT2D eigenvalue weighted by Gasteiger charge is 2.25. The maximum atomic E-state index is 11.6. The van der Waals surface area contributed by atoms with Gasteiger partial charge in [0, 0.05) is 11.6 Å². The van der Waals surface area contributed by atoms with Gasteiger partial charge in [0.2, 0.25) is 11.5 Å². The predicted molar refractivity (Wildman–Crippen MR) is 70.9 cm³/mol. The number of esters is 1. The van der Waals surface area contributed by atoms with E-state index in [9.17, 15) is 9.35 Å². The number of hydrogen-bond acceptors (Lipinski definition) is 6. The molecule has 7 heteroatoms. The molecule has 1 aromatic carbocycles. The molecule has 19 heavy (non-hydrogen) atoms. The van der Waals surface area contributed by atoms with Crippen LogP contribution < -0.4 is 9.46 Å². The van der Waals surface area contributed by atoms with Gasteiger partial charge in [0.1, 0.15) is 11.5 Å². The predicted octanol–water partition coefficient (Wildman–Crippen LogP) is 0.723. The van der Waals surface area contributed by atoms with Crippen molar-refractivity contribution in [3.63, 3.8) is 0 Å². The standard InChI is InChI=1S/C12H12N2O4S/c1-17-11-6-4-3-5-8(11)9-7-10(12(15)18-2)14-19(16)13-9/h3-7,14H,1-2H3. The van der Waals surface area contributed by atoms with Gasteiger partial charge in [-0.3, -0.25) is 0 Å². The van der Waals surface area contributed by atoms with Crippen molar-refractivity contribution < 1.29 is 18.8 Å². The number of para-hydroxylation sites is 1. The van der Waals surface area contributed by atoms with Crippen LogP contribution in [0.2, 0.25) is 0 Å². The van der Waals surface area contributed by atoms with Crippen molar-refractivity contribution in [1.29, 1.82) is 0 Å². The van der Waals surface area contributed by atoms with E-state index < -0.39 is 17.5 Å². The quantitative estimate of drug-likeness (QED) is 0.651. The van der Waals surface area contributed by atoms with Crippen LogP contribution in [0.1, 0.15) is 5.56 Å². The third-order valence-electron chi connectivity index (χ3n) is 2.45. The number of nitrogens with zero attached hydrogens (tertiary/aromatic N) is 1. The Morgan fingerprint density at radius 2 is 2.11 bits per heavy atom. The zero-order valence-corrected chi connectivity index (χ0v) is 11.2. The number of methoxy groups -OCH3 is 2. The van der Waals surface area contributed by atoms with E-state index in [1.807, 2.05) is 6.07 Å². The molecule has 1 heterocycles. The lowest BCUT2D eigenvalue weighted by molar-refractivity contribution is -0.136. The highest BCUT2D eigenvalue weighted by molar-refractivity contribution is 7.88. The van der Waals surface area contributed by atoms with Crippen molar-refractivity contribution in [2.24, 2.45) is 4.40 Å². The second-order valence-electron chi connectivity index (χ2n) is 3.58. The zero-order chi connectivity index (χ0) is 13.8. The number of hydrogen-bond donors (Lipinski definition) is 1. The Hall–Kier alpha value is -1.99. The summed E-state index contributed by atoms with van der Waals surface area (Å²) in [6.45, 7) is 0. The Morgan fingerprint density at radius 3 is 2.79 bits per heavy atom. The molecule has 0 saturated heterocycles. The molecule has 1 aliphatic rings. The highest BCUT2D eigenvalue weighted by atomic mass is 32.2. The third kappa shape index (κ3) is 2.88. The molecule has 0 spiro atoms. The van der Waals surface area contributed by atoms with Crippen LogP contribution in [0, 0.1) is 0 Å². The molecule has 1 N–H and O–H groups in total. The molecule has 2 rings (SSSR count). The van der Waals surface area contributed by atoms with Crippen LogP contribution in [0.25, 0.3) is 0 Å². The fourth-order valence-electron chi connectivity index (χ4n) is 1.59. The number of ether oxygens (including phenoxy) is 2. The number of benzene rings is 1. The molecule has 0 bridgehead atoms. The highest BCUT2D eigenvalue weighted by Crippen LogP contribution is 2.21. The van der Waals surface area contributed by atoms with Crippen LogP contribution in [0.15, 0.2) is 40.4 Å². The maximum Gasteiger partial charge on any atom is 0.358 e. The van der Waals surface area contributed by atoms with E-state index >= 15 is 0 Å². The molecule has 1 unspecified atom stereocenters. The molecule has 0 amide bonds. The molecule has 1 aromatic rings. The van der Waals surface area contributed by atoms with E-state index in [1.54, 1.807) is 18.2 Å². The molecule has 0 aliphatic carbocycles. The number of carbonyl (C=O) groups is 1. The molecular formula is C12H12N2O4S. The topological polar surface area (TPSA) is 83.0 Å². The smallest absolute Gasteiger partial charge is 0.358 e. The van der Waals surface area contributed by atoms with Crippen molar-refractivity contribution >= 4 is 23.2 Å². The van der Waals surface area contributed by atoms with Gasteiger partial charge in [0.15, 0.2) is 5.70 Å². The molecule has 0 saturated carbocycles. The summed E-state index contributed by atoms with van der Waals surface area (Å²) >= 11 is -1.72. The van der Waals surface area contributed by atoms with Crippen molar-refractivity contribution in [2.75, 3.05) is 14.2 Å². The van der Waals surface area contributed by atoms with Crippen LogP contribution in [-0.2, 0) is 21.1 Å². The summed E-state index contributed by atoms with van der Waals surface area (Å²) in [5, 5.41) is 0. The molecule has 6 nitrogen and oxygen atoms in total. The van der Waals surface area contributed by atoms with Crippen molar-refractivity contribution in [2.45, 2.75) is 0 Å².